The molecular formula is C12H15F2NO. The molecular weight excluding hydrogens is 212 g/mol. The lowest BCUT2D eigenvalue weighted by Crippen LogP contribution is -2.30. The third kappa shape index (κ3) is 1.83. The van der Waals surface area contributed by atoms with E-state index in [2.05, 4.69) is 0 Å². The molecule has 0 amide bonds. The van der Waals surface area contributed by atoms with Crippen molar-refractivity contribution in [3.05, 3.63) is 35.4 Å². The first-order chi connectivity index (χ1) is 7.42. The first-order valence-corrected chi connectivity index (χ1v) is 5.30. The minimum atomic E-state index is -1.28. The van der Waals surface area contributed by atoms with E-state index in [0.29, 0.717) is 13.0 Å². The van der Waals surface area contributed by atoms with Crippen LogP contribution in [0.3, 0.4) is 0 Å². The Kier molecular flexibility index (Phi) is 2.72. The van der Waals surface area contributed by atoms with Gasteiger partial charge in [0, 0.05) is 18.2 Å². The van der Waals surface area contributed by atoms with Crippen LogP contribution in [0, 0.1) is 11.6 Å². The number of β-amino-alcohol motifs (C(OH)–C–C–N with tert-alkyl or cyclic N) is 1. The van der Waals surface area contributed by atoms with Crippen LogP contribution in [0.2, 0.25) is 0 Å². The zero-order valence-electron chi connectivity index (χ0n) is 9.37. The van der Waals surface area contributed by atoms with Crippen LogP contribution in [-0.4, -0.2) is 29.6 Å². The Hall–Kier alpha value is -1.00. The molecule has 0 spiro atoms. The van der Waals surface area contributed by atoms with E-state index in [-0.39, 0.29) is 11.6 Å². The Morgan fingerprint density at radius 1 is 1.44 bits per heavy atom. The number of hydrogen-bond donors (Lipinski definition) is 1. The predicted octanol–water partition coefficient (Wildman–Crippen LogP) is 1.88. The van der Waals surface area contributed by atoms with Gasteiger partial charge in [-0.1, -0.05) is 0 Å². The van der Waals surface area contributed by atoms with E-state index in [0.717, 1.165) is 18.2 Å². The van der Waals surface area contributed by atoms with Crippen molar-refractivity contribution in [2.75, 3.05) is 13.6 Å². The van der Waals surface area contributed by atoms with Gasteiger partial charge in [0.1, 0.15) is 17.2 Å². The smallest absolute Gasteiger partial charge is 0.129 e. The lowest BCUT2D eigenvalue weighted by atomic mass is 9.91. The maximum atomic E-state index is 13.6. The van der Waals surface area contributed by atoms with Crippen LogP contribution >= 0.6 is 0 Å². The lowest BCUT2D eigenvalue weighted by Gasteiger charge is -2.23. The number of rotatable bonds is 1. The van der Waals surface area contributed by atoms with Crippen LogP contribution in [0.15, 0.2) is 18.2 Å². The molecule has 16 heavy (non-hydrogen) atoms. The van der Waals surface area contributed by atoms with Crippen molar-refractivity contribution in [1.82, 2.24) is 4.90 Å². The highest BCUT2D eigenvalue weighted by Gasteiger charge is 2.42. The third-order valence-electron chi connectivity index (χ3n) is 3.33. The summed E-state index contributed by atoms with van der Waals surface area (Å²) in [6.07, 6.45) is 0.421. The van der Waals surface area contributed by atoms with Crippen LogP contribution in [0.25, 0.3) is 0 Å². The average Bonchev–Trinajstić information content (AvgIpc) is 2.46. The van der Waals surface area contributed by atoms with Gasteiger partial charge in [-0.2, -0.15) is 0 Å². The van der Waals surface area contributed by atoms with Gasteiger partial charge in [0.15, 0.2) is 0 Å². The molecule has 2 unspecified atom stereocenters. The van der Waals surface area contributed by atoms with Crippen LogP contribution in [0.4, 0.5) is 8.78 Å². The normalized spacial score (nSPS) is 30.9. The molecule has 0 saturated carbocycles. The zero-order chi connectivity index (χ0) is 11.9. The minimum absolute atomic E-state index is 0.0590. The fourth-order valence-corrected chi connectivity index (χ4v) is 2.33. The van der Waals surface area contributed by atoms with Crippen molar-refractivity contribution in [2.24, 2.45) is 0 Å². The first-order valence-electron chi connectivity index (χ1n) is 5.30. The second-order valence-corrected chi connectivity index (χ2v) is 4.62. The Morgan fingerprint density at radius 2 is 2.12 bits per heavy atom. The molecule has 0 aliphatic carbocycles. The molecule has 1 N–H and O–H groups in total. The predicted molar refractivity (Wildman–Crippen MR) is 57.0 cm³/mol. The SMILES string of the molecule is CC1CC(O)(c2cc(F)ccc2F)CN1C. The van der Waals surface area contributed by atoms with Crippen molar-refractivity contribution in [3.63, 3.8) is 0 Å². The molecule has 1 aliphatic rings. The lowest BCUT2D eigenvalue weighted by molar-refractivity contribution is 0.0445. The summed E-state index contributed by atoms with van der Waals surface area (Å²) in [7, 11) is 1.86. The summed E-state index contributed by atoms with van der Waals surface area (Å²) in [6.45, 7) is 2.28. The van der Waals surface area contributed by atoms with E-state index >= 15 is 0 Å². The number of halogens is 2. The number of likely N-dealkylation sites (tertiary alicyclic amines) is 1. The van der Waals surface area contributed by atoms with Gasteiger partial charge in [-0.15, -0.1) is 0 Å². The second kappa shape index (κ2) is 3.79. The molecule has 2 atom stereocenters. The number of nitrogens with zero attached hydrogens (tertiary/aromatic N) is 1. The molecule has 0 bridgehead atoms. The van der Waals surface area contributed by atoms with Crippen molar-refractivity contribution < 1.29 is 13.9 Å². The van der Waals surface area contributed by atoms with Gasteiger partial charge in [-0.05, 0) is 38.6 Å². The largest absolute Gasteiger partial charge is 0.384 e. The van der Waals surface area contributed by atoms with E-state index in [1.165, 1.54) is 0 Å². The van der Waals surface area contributed by atoms with Gasteiger partial charge >= 0.3 is 0 Å². The number of likely N-dealkylation sites (N-methyl/N-ethyl adjacent to an activating group) is 1. The van der Waals surface area contributed by atoms with Crippen LogP contribution < -0.4 is 0 Å². The van der Waals surface area contributed by atoms with Crippen molar-refractivity contribution in [2.45, 2.75) is 25.0 Å². The Morgan fingerprint density at radius 3 is 2.69 bits per heavy atom. The van der Waals surface area contributed by atoms with Crippen molar-refractivity contribution >= 4 is 0 Å². The highest BCUT2D eigenvalue weighted by Crippen LogP contribution is 2.36. The van der Waals surface area contributed by atoms with Gasteiger partial charge in [0.2, 0.25) is 0 Å². The van der Waals surface area contributed by atoms with E-state index in [1.807, 2.05) is 18.9 Å². The summed E-state index contributed by atoms with van der Waals surface area (Å²) in [4.78, 5) is 1.93. The second-order valence-electron chi connectivity index (χ2n) is 4.62. The van der Waals surface area contributed by atoms with Crippen LogP contribution in [0.5, 0.6) is 0 Å². The minimum Gasteiger partial charge on any atom is -0.384 e. The molecule has 1 saturated heterocycles. The summed E-state index contributed by atoms with van der Waals surface area (Å²) in [5.41, 5.74) is -1.22. The molecule has 2 rings (SSSR count). The zero-order valence-corrected chi connectivity index (χ0v) is 9.37. The van der Waals surface area contributed by atoms with Gasteiger partial charge in [-0.25, -0.2) is 8.78 Å². The van der Waals surface area contributed by atoms with Gasteiger partial charge < -0.3 is 10.0 Å². The fraction of sp³-hybridized carbons (Fsp3) is 0.500. The molecule has 88 valence electrons. The summed E-state index contributed by atoms with van der Waals surface area (Å²) in [5.74, 6) is -1.07. The molecule has 0 aromatic heterocycles. The van der Waals surface area contributed by atoms with Crippen molar-refractivity contribution in [1.29, 1.82) is 0 Å². The molecule has 0 radical (unpaired) electrons. The molecule has 2 nitrogen and oxygen atoms in total. The topological polar surface area (TPSA) is 23.5 Å². The summed E-state index contributed by atoms with van der Waals surface area (Å²) >= 11 is 0. The summed E-state index contributed by atoms with van der Waals surface area (Å²) in [5, 5.41) is 10.4. The standard InChI is InChI=1S/C12H15F2NO/c1-8-6-12(16,7-15(8)2)10-5-9(13)3-4-11(10)14/h3-5,8,16H,6-7H2,1-2H3. The molecule has 1 fully saturated rings. The Bertz CT molecular complexity index is 398. The van der Waals surface area contributed by atoms with Gasteiger partial charge in [0.25, 0.3) is 0 Å². The summed E-state index contributed by atoms with van der Waals surface area (Å²) in [6, 6.07) is 3.37. The van der Waals surface area contributed by atoms with E-state index < -0.39 is 17.2 Å². The van der Waals surface area contributed by atoms with E-state index in [9.17, 15) is 13.9 Å². The Balaban J connectivity index is 2.40. The maximum Gasteiger partial charge on any atom is 0.129 e. The van der Waals surface area contributed by atoms with E-state index in [4.69, 9.17) is 0 Å². The monoisotopic (exact) mass is 227 g/mol. The first kappa shape index (κ1) is 11.5. The third-order valence-corrected chi connectivity index (χ3v) is 3.33. The molecule has 1 aromatic carbocycles. The number of aliphatic hydroxyl groups is 1. The highest BCUT2D eigenvalue weighted by molar-refractivity contribution is 5.27. The van der Waals surface area contributed by atoms with Crippen LogP contribution in [-0.2, 0) is 5.60 Å². The van der Waals surface area contributed by atoms with Crippen molar-refractivity contribution in [3.8, 4) is 0 Å². The van der Waals surface area contributed by atoms with Gasteiger partial charge in [-0.3, -0.25) is 0 Å². The van der Waals surface area contributed by atoms with Gasteiger partial charge in [0.05, 0.1) is 0 Å². The average molecular weight is 227 g/mol. The molecule has 1 heterocycles. The number of benzene rings is 1. The number of hydrogen-bond acceptors (Lipinski definition) is 2. The highest BCUT2D eigenvalue weighted by atomic mass is 19.1. The fourth-order valence-electron chi connectivity index (χ4n) is 2.33. The van der Waals surface area contributed by atoms with E-state index in [1.54, 1.807) is 0 Å². The molecule has 1 aliphatic heterocycles. The summed E-state index contributed by atoms with van der Waals surface area (Å²) < 4.78 is 26.6. The molecule has 1 aromatic rings. The maximum absolute atomic E-state index is 13.6. The quantitative estimate of drug-likeness (QED) is 0.791. The molecule has 4 heteroatoms. The Labute approximate surface area is 93.5 Å². The van der Waals surface area contributed by atoms with Crippen LogP contribution in [0.1, 0.15) is 18.9 Å².